The monoisotopic (exact) mass is 360 g/mol. The second-order valence-corrected chi connectivity index (χ2v) is 7.84. The van der Waals surface area contributed by atoms with Crippen LogP contribution in [0, 0.1) is 0 Å². The van der Waals surface area contributed by atoms with Crippen LogP contribution in [0.5, 0.6) is 5.75 Å². The molecule has 26 heavy (non-hydrogen) atoms. The smallest absolute Gasteiger partial charge is 0.122 e. The lowest BCUT2D eigenvalue weighted by Gasteiger charge is -2.11. The van der Waals surface area contributed by atoms with Crippen LogP contribution >= 0.6 is 0 Å². The molecule has 0 bridgehead atoms. The molecule has 0 aliphatic carbocycles. The van der Waals surface area contributed by atoms with Crippen LogP contribution in [0.3, 0.4) is 0 Å². The van der Waals surface area contributed by atoms with Crippen molar-refractivity contribution in [2.45, 2.75) is 103 Å². The Balaban J connectivity index is 1.44. The molecule has 1 fully saturated rings. The predicted octanol–water partition coefficient (Wildman–Crippen LogP) is 7.10. The SMILES string of the molecule is CCCCCCCCCCCCCCc1ccccc1OCCC1CO1. The van der Waals surface area contributed by atoms with Crippen LogP contribution < -0.4 is 4.74 Å². The van der Waals surface area contributed by atoms with Crippen LogP contribution in [0.25, 0.3) is 0 Å². The van der Waals surface area contributed by atoms with E-state index in [9.17, 15) is 0 Å². The van der Waals surface area contributed by atoms with Gasteiger partial charge in [0.05, 0.1) is 19.3 Å². The first-order valence-electron chi connectivity index (χ1n) is 11.2. The van der Waals surface area contributed by atoms with Gasteiger partial charge in [-0.25, -0.2) is 0 Å². The summed E-state index contributed by atoms with van der Waals surface area (Å²) in [4.78, 5) is 0. The van der Waals surface area contributed by atoms with E-state index < -0.39 is 0 Å². The van der Waals surface area contributed by atoms with Gasteiger partial charge in [0.25, 0.3) is 0 Å². The van der Waals surface area contributed by atoms with Crippen molar-refractivity contribution in [1.29, 1.82) is 0 Å². The van der Waals surface area contributed by atoms with Crippen LogP contribution in [0.2, 0.25) is 0 Å². The molecular weight excluding hydrogens is 320 g/mol. The maximum Gasteiger partial charge on any atom is 0.122 e. The molecule has 1 atom stereocenters. The summed E-state index contributed by atoms with van der Waals surface area (Å²) in [5.74, 6) is 1.08. The van der Waals surface area contributed by atoms with Crippen molar-refractivity contribution in [3.05, 3.63) is 29.8 Å². The van der Waals surface area contributed by atoms with E-state index in [2.05, 4.69) is 31.2 Å². The molecule has 1 heterocycles. The van der Waals surface area contributed by atoms with Gasteiger partial charge < -0.3 is 9.47 Å². The Morgan fingerprint density at radius 2 is 1.42 bits per heavy atom. The van der Waals surface area contributed by atoms with Gasteiger partial charge in [-0.2, -0.15) is 0 Å². The minimum atomic E-state index is 0.457. The number of rotatable bonds is 17. The highest BCUT2D eigenvalue weighted by Gasteiger charge is 2.21. The molecule has 1 aromatic carbocycles. The molecule has 1 aromatic rings. The molecule has 148 valence electrons. The van der Waals surface area contributed by atoms with Crippen molar-refractivity contribution in [2.24, 2.45) is 0 Å². The van der Waals surface area contributed by atoms with E-state index in [4.69, 9.17) is 9.47 Å². The summed E-state index contributed by atoms with van der Waals surface area (Å²) in [5.41, 5.74) is 1.37. The summed E-state index contributed by atoms with van der Waals surface area (Å²) >= 11 is 0. The van der Waals surface area contributed by atoms with Crippen LogP contribution in [-0.4, -0.2) is 19.3 Å². The van der Waals surface area contributed by atoms with Gasteiger partial charge in [0, 0.05) is 6.42 Å². The minimum Gasteiger partial charge on any atom is -0.493 e. The molecule has 1 aliphatic heterocycles. The number of hydrogen-bond acceptors (Lipinski definition) is 2. The first-order chi connectivity index (χ1) is 12.9. The molecule has 0 radical (unpaired) electrons. The number of benzene rings is 1. The molecule has 0 spiro atoms. The molecule has 1 saturated heterocycles. The Hall–Kier alpha value is -1.02. The van der Waals surface area contributed by atoms with E-state index >= 15 is 0 Å². The maximum atomic E-state index is 5.97. The fourth-order valence-electron chi connectivity index (χ4n) is 3.54. The number of aryl methyl sites for hydroxylation is 1. The number of ether oxygens (including phenoxy) is 2. The second-order valence-electron chi connectivity index (χ2n) is 7.84. The Kier molecular flexibility index (Phi) is 11.5. The Labute approximate surface area is 161 Å². The van der Waals surface area contributed by atoms with Gasteiger partial charge in [0.15, 0.2) is 0 Å². The quantitative estimate of drug-likeness (QED) is 0.218. The summed E-state index contributed by atoms with van der Waals surface area (Å²) in [7, 11) is 0. The molecule has 0 N–H and O–H groups in total. The van der Waals surface area contributed by atoms with E-state index in [1.165, 1.54) is 82.6 Å². The van der Waals surface area contributed by atoms with E-state index in [1.54, 1.807) is 0 Å². The van der Waals surface area contributed by atoms with Crippen LogP contribution in [-0.2, 0) is 11.2 Å². The fourth-order valence-corrected chi connectivity index (χ4v) is 3.54. The lowest BCUT2D eigenvalue weighted by Crippen LogP contribution is -2.03. The molecule has 1 aliphatic rings. The second kappa shape index (κ2) is 14.1. The Morgan fingerprint density at radius 3 is 2.04 bits per heavy atom. The van der Waals surface area contributed by atoms with E-state index in [0.717, 1.165) is 31.8 Å². The maximum absolute atomic E-state index is 5.97. The molecule has 1 unspecified atom stereocenters. The van der Waals surface area contributed by atoms with E-state index in [0.29, 0.717) is 6.10 Å². The Morgan fingerprint density at radius 1 is 0.846 bits per heavy atom. The zero-order valence-corrected chi connectivity index (χ0v) is 17.0. The van der Waals surface area contributed by atoms with E-state index in [-0.39, 0.29) is 0 Å². The highest BCUT2D eigenvalue weighted by Crippen LogP contribution is 2.22. The summed E-state index contributed by atoms with van der Waals surface area (Å²) in [6, 6.07) is 8.55. The fraction of sp³-hybridized carbons (Fsp3) is 0.750. The zero-order valence-electron chi connectivity index (χ0n) is 17.0. The van der Waals surface area contributed by atoms with Crippen LogP contribution in [0.15, 0.2) is 24.3 Å². The number of unbranched alkanes of at least 4 members (excludes halogenated alkanes) is 11. The first kappa shape index (κ1) is 21.3. The third-order valence-electron chi connectivity index (χ3n) is 5.37. The summed E-state index contributed by atoms with van der Waals surface area (Å²) < 4.78 is 11.2. The highest BCUT2D eigenvalue weighted by molar-refractivity contribution is 5.33. The van der Waals surface area contributed by atoms with Crippen molar-refractivity contribution >= 4 is 0 Å². The average molecular weight is 361 g/mol. The third-order valence-corrected chi connectivity index (χ3v) is 5.37. The van der Waals surface area contributed by atoms with Gasteiger partial charge in [-0.15, -0.1) is 0 Å². The van der Waals surface area contributed by atoms with Crippen molar-refractivity contribution in [2.75, 3.05) is 13.2 Å². The lowest BCUT2D eigenvalue weighted by molar-refractivity contribution is 0.280. The minimum absolute atomic E-state index is 0.457. The topological polar surface area (TPSA) is 21.8 Å². The largest absolute Gasteiger partial charge is 0.493 e. The van der Waals surface area contributed by atoms with Crippen molar-refractivity contribution < 1.29 is 9.47 Å². The van der Waals surface area contributed by atoms with Crippen molar-refractivity contribution in [3.8, 4) is 5.75 Å². The average Bonchev–Trinajstić information content (AvgIpc) is 3.48. The third kappa shape index (κ3) is 10.2. The zero-order chi connectivity index (χ0) is 18.3. The molecule has 0 amide bonds. The van der Waals surface area contributed by atoms with Crippen molar-refractivity contribution in [3.63, 3.8) is 0 Å². The molecule has 0 saturated carbocycles. The summed E-state index contributed by atoms with van der Waals surface area (Å²) in [6.45, 7) is 3.99. The number of epoxide rings is 1. The molecule has 0 aromatic heterocycles. The van der Waals surface area contributed by atoms with Gasteiger partial charge in [0.1, 0.15) is 5.75 Å². The predicted molar refractivity (Wildman–Crippen MR) is 111 cm³/mol. The number of para-hydroxylation sites is 1. The number of hydrogen-bond donors (Lipinski definition) is 0. The van der Waals surface area contributed by atoms with Gasteiger partial charge in [0.2, 0.25) is 0 Å². The first-order valence-corrected chi connectivity index (χ1v) is 11.2. The normalized spacial score (nSPS) is 16.0. The van der Waals surface area contributed by atoms with E-state index in [1.807, 2.05) is 0 Å². The molecule has 2 heteroatoms. The summed E-state index contributed by atoms with van der Waals surface area (Å²) in [5, 5.41) is 0. The van der Waals surface area contributed by atoms with Gasteiger partial charge in [-0.3, -0.25) is 0 Å². The van der Waals surface area contributed by atoms with Crippen molar-refractivity contribution in [1.82, 2.24) is 0 Å². The van der Waals surface area contributed by atoms with Crippen LogP contribution in [0.4, 0.5) is 0 Å². The lowest BCUT2D eigenvalue weighted by atomic mass is 10.0. The summed E-state index contributed by atoms with van der Waals surface area (Å²) in [6.07, 6.45) is 19.5. The molecule has 2 nitrogen and oxygen atoms in total. The van der Waals surface area contributed by atoms with Gasteiger partial charge in [-0.05, 0) is 24.5 Å². The van der Waals surface area contributed by atoms with Crippen LogP contribution in [0.1, 0.15) is 96.0 Å². The van der Waals surface area contributed by atoms with Gasteiger partial charge in [-0.1, -0.05) is 95.8 Å². The van der Waals surface area contributed by atoms with Gasteiger partial charge >= 0.3 is 0 Å². The highest BCUT2D eigenvalue weighted by atomic mass is 16.6. The standard InChI is InChI=1S/C24H40O2/c1-2-3-4-5-6-7-8-9-10-11-12-13-16-22-17-14-15-18-24(22)25-20-19-23-21-26-23/h14-15,17-18,23H,2-13,16,19-21H2,1H3. The molecule has 2 rings (SSSR count). The molecular formula is C24H40O2. The Bertz CT molecular complexity index is 453.